The highest BCUT2D eigenvalue weighted by Gasteiger charge is 2.39. The van der Waals surface area contributed by atoms with Gasteiger partial charge in [0.25, 0.3) is 0 Å². The van der Waals surface area contributed by atoms with Crippen LogP contribution in [0, 0.1) is 12.8 Å². The third-order valence-corrected chi connectivity index (χ3v) is 5.33. The Morgan fingerprint density at radius 1 is 1.27 bits per heavy atom. The van der Waals surface area contributed by atoms with E-state index in [2.05, 4.69) is 0 Å². The lowest BCUT2D eigenvalue weighted by Crippen LogP contribution is -2.59. The fourth-order valence-electron chi connectivity index (χ4n) is 3.19. The minimum atomic E-state index is -0.403. The summed E-state index contributed by atoms with van der Waals surface area (Å²) in [6.07, 6.45) is 3.06. The Bertz CT molecular complexity index is 613. The lowest BCUT2D eigenvalue weighted by atomic mass is 9.84. The van der Waals surface area contributed by atoms with E-state index in [1.54, 1.807) is 9.80 Å². The topological polar surface area (TPSA) is 40.6 Å². The van der Waals surface area contributed by atoms with Crippen molar-refractivity contribution in [2.24, 2.45) is 5.92 Å². The van der Waals surface area contributed by atoms with Crippen molar-refractivity contribution in [3.05, 3.63) is 28.8 Å². The van der Waals surface area contributed by atoms with Gasteiger partial charge in [0, 0.05) is 29.7 Å². The van der Waals surface area contributed by atoms with Gasteiger partial charge in [-0.3, -0.25) is 9.59 Å². The second-order valence-electron chi connectivity index (χ2n) is 6.21. The van der Waals surface area contributed by atoms with Crippen molar-refractivity contribution in [1.82, 2.24) is 4.90 Å². The van der Waals surface area contributed by atoms with E-state index in [9.17, 15) is 9.59 Å². The van der Waals surface area contributed by atoms with Gasteiger partial charge in [-0.1, -0.05) is 24.1 Å². The maximum Gasteiger partial charge on any atom is 0.249 e. The summed E-state index contributed by atoms with van der Waals surface area (Å²) in [5.41, 5.74) is 1.75. The Kier molecular flexibility index (Phi) is 4.13. The highest BCUT2D eigenvalue weighted by Crippen LogP contribution is 2.32. The van der Waals surface area contributed by atoms with Gasteiger partial charge in [-0.2, -0.15) is 0 Å². The Labute approximate surface area is 136 Å². The molecular formula is C17H21ClN2O2. The van der Waals surface area contributed by atoms with Gasteiger partial charge in [0.1, 0.15) is 6.04 Å². The molecule has 0 spiro atoms. The molecule has 2 aliphatic rings. The van der Waals surface area contributed by atoms with Gasteiger partial charge in [-0.25, -0.2) is 0 Å². The zero-order valence-corrected chi connectivity index (χ0v) is 13.8. The second-order valence-corrected chi connectivity index (χ2v) is 6.62. The molecule has 0 N–H and O–H groups in total. The Hall–Kier alpha value is -1.55. The highest BCUT2D eigenvalue weighted by atomic mass is 35.5. The molecule has 0 aromatic heterocycles. The molecule has 3 rings (SSSR count). The summed E-state index contributed by atoms with van der Waals surface area (Å²) in [5, 5.41) is 0.658. The Morgan fingerprint density at radius 2 is 2.00 bits per heavy atom. The molecular weight excluding hydrogens is 300 g/mol. The van der Waals surface area contributed by atoms with Gasteiger partial charge < -0.3 is 9.80 Å². The third kappa shape index (κ3) is 2.50. The van der Waals surface area contributed by atoms with Crippen molar-refractivity contribution in [3.8, 4) is 0 Å². The van der Waals surface area contributed by atoms with Crippen molar-refractivity contribution >= 4 is 29.1 Å². The molecule has 1 aromatic carbocycles. The number of nitrogens with zero attached hydrogens (tertiary/aromatic N) is 2. The summed E-state index contributed by atoms with van der Waals surface area (Å²) in [7, 11) is 0. The molecule has 1 aromatic rings. The van der Waals surface area contributed by atoms with Gasteiger partial charge in [-0.05, 0) is 44.4 Å². The third-order valence-electron chi connectivity index (χ3n) is 4.92. The number of anilines is 1. The quantitative estimate of drug-likeness (QED) is 0.840. The molecule has 0 bridgehead atoms. The standard InChI is InChI=1S/C17H21ClN2O2/c1-11-14(18)7-4-8-15(11)20-10-9-19(12(2)16(20)21)17(22)13-5-3-6-13/h4,7-8,12-13H,3,5-6,9-10H2,1-2H3. The van der Waals surface area contributed by atoms with Crippen LogP contribution in [0.4, 0.5) is 5.69 Å². The van der Waals surface area contributed by atoms with E-state index >= 15 is 0 Å². The molecule has 1 unspecified atom stereocenters. The molecule has 1 saturated heterocycles. The number of carbonyl (C=O) groups excluding carboxylic acids is 2. The molecule has 1 heterocycles. The van der Waals surface area contributed by atoms with Crippen molar-refractivity contribution < 1.29 is 9.59 Å². The van der Waals surface area contributed by atoms with Crippen molar-refractivity contribution in [1.29, 1.82) is 0 Å². The number of rotatable bonds is 2. The summed E-state index contributed by atoms with van der Waals surface area (Å²) in [6.45, 7) is 4.86. The molecule has 0 radical (unpaired) electrons. The summed E-state index contributed by atoms with van der Waals surface area (Å²) in [5.74, 6) is 0.258. The minimum absolute atomic E-state index is 0.0238. The maximum absolute atomic E-state index is 12.7. The van der Waals surface area contributed by atoms with Crippen LogP contribution in [-0.2, 0) is 9.59 Å². The predicted molar refractivity (Wildman–Crippen MR) is 87.1 cm³/mol. The SMILES string of the molecule is Cc1c(Cl)cccc1N1CCN(C(=O)C2CCC2)C(C)C1=O. The number of benzene rings is 1. The van der Waals surface area contributed by atoms with Crippen molar-refractivity contribution in [2.45, 2.75) is 39.2 Å². The van der Waals surface area contributed by atoms with Crippen LogP contribution in [0.15, 0.2) is 18.2 Å². The first-order valence-electron chi connectivity index (χ1n) is 7.87. The number of halogens is 1. The largest absolute Gasteiger partial charge is 0.329 e. The number of hydrogen-bond donors (Lipinski definition) is 0. The van der Waals surface area contributed by atoms with E-state index in [1.807, 2.05) is 32.0 Å². The normalized spacial score (nSPS) is 22.7. The first-order valence-corrected chi connectivity index (χ1v) is 8.25. The molecule has 1 aliphatic carbocycles. The summed E-state index contributed by atoms with van der Waals surface area (Å²) in [4.78, 5) is 28.7. The van der Waals surface area contributed by atoms with E-state index in [4.69, 9.17) is 11.6 Å². The Morgan fingerprint density at radius 3 is 2.64 bits per heavy atom. The van der Waals surface area contributed by atoms with Crippen molar-refractivity contribution in [3.63, 3.8) is 0 Å². The first kappa shape index (κ1) is 15.3. The van der Waals surface area contributed by atoms with Gasteiger partial charge in [0.05, 0.1) is 0 Å². The van der Waals surface area contributed by atoms with E-state index < -0.39 is 6.04 Å². The molecule has 118 valence electrons. The maximum atomic E-state index is 12.7. The highest BCUT2D eigenvalue weighted by molar-refractivity contribution is 6.31. The lowest BCUT2D eigenvalue weighted by molar-refractivity contribution is -0.146. The van der Waals surface area contributed by atoms with Crippen LogP contribution in [0.25, 0.3) is 0 Å². The van der Waals surface area contributed by atoms with Gasteiger partial charge in [0.15, 0.2) is 0 Å². The van der Waals surface area contributed by atoms with Crippen LogP contribution < -0.4 is 4.90 Å². The monoisotopic (exact) mass is 320 g/mol. The molecule has 22 heavy (non-hydrogen) atoms. The van der Waals surface area contributed by atoms with Crippen molar-refractivity contribution in [2.75, 3.05) is 18.0 Å². The molecule has 1 saturated carbocycles. The smallest absolute Gasteiger partial charge is 0.249 e. The van der Waals surface area contributed by atoms with Gasteiger partial charge in [0.2, 0.25) is 11.8 Å². The summed E-state index contributed by atoms with van der Waals surface area (Å²) < 4.78 is 0. The molecule has 4 nitrogen and oxygen atoms in total. The molecule has 1 aliphatic heterocycles. The molecule has 1 atom stereocenters. The molecule has 2 fully saturated rings. The lowest BCUT2D eigenvalue weighted by Gasteiger charge is -2.42. The van der Waals surface area contributed by atoms with Crippen LogP contribution >= 0.6 is 11.6 Å². The first-order chi connectivity index (χ1) is 10.5. The zero-order valence-electron chi connectivity index (χ0n) is 13.0. The predicted octanol–water partition coefficient (Wildman–Crippen LogP) is 3.01. The van der Waals surface area contributed by atoms with Crippen LogP contribution in [0.2, 0.25) is 5.02 Å². The minimum Gasteiger partial charge on any atom is -0.329 e. The fraction of sp³-hybridized carbons (Fsp3) is 0.529. The van der Waals surface area contributed by atoms with E-state index in [-0.39, 0.29) is 17.7 Å². The van der Waals surface area contributed by atoms with E-state index in [0.29, 0.717) is 18.1 Å². The Balaban J connectivity index is 1.79. The average molecular weight is 321 g/mol. The summed E-state index contributed by atoms with van der Waals surface area (Å²) in [6, 6.07) is 5.19. The molecule has 5 heteroatoms. The number of hydrogen-bond acceptors (Lipinski definition) is 2. The van der Waals surface area contributed by atoms with Gasteiger partial charge in [-0.15, -0.1) is 0 Å². The summed E-state index contributed by atoms with van der Waals surface area (Å²) >= 11 is 6.16. The van der Waals surface area contributed by atoms with Crippen LogP contribution in [0.3, 0.4) is 0 Å². The van der Waals surface area contributed by atoms with Crippen LogP contribution in [-0.4, -0.2) is 35.8 Å². The number of amides is 2. The van der Waals surface area contributed by atoms with E-state index in [1.165, 1.54) is 0 Å². The van der Waals surface area contributed by atoms with Gasteiger partial charge >= 0.3 is 0 Å². The molecule has 2 amide bonds. The number of piperazine rings is 1. The van der Waals surface area contributed by atoms with Crippen LogP contribution in [0.1, 0.15) is 31.7 Å². The number of carbonyl (C=O) groups is 2. The van der Waals surface area contributed by atoms with E-state index in [0.717, 1.165) is 30.5 Å². The van der Waals surface area contributed by atoms with Crippen LogP contribution in [0.5, 0.6) is 0 Å². The second kappa shape index (κ2) is 5.92. The average Bonchev–Trinajstić information content (AvgIpc) is 2.43. The fourth-order valence-corrected chi connectivity index (χ4v) is 3.36. The zero-order chi connectivity index (χ0) is 15.9.